The van der Waals surface area contributed by atoms with E-state index in [4.69, 9.17) is 4.74 Å². The van der Waals surface area contributed by atoms with Crippen molar-refractivity contribution >= 4 is 22.7 Å². The molecule has 2 amide bonds. The molecule has 192 valence electrons. The molecule has 7 nitrogen and oxygen atoms in total. The molecule has 7 rings (SSSR count). The lowest BCUT2D eigenvalue weighted by Crippen LogP contribution is -2.45. The Balaban J connectivity index is 1.47. The highest BCUT2D eigenvalue weighted by Gasteiger charge is 2.63. The number of hydrogen-bond donors (Lipinski definition) is 2. The molecule has 2 N–H and O–H groups in total. The van der Waals surface area contributed by atoms with Gasteiger partial charge in [-0.15, -0.1) is 0 Å². The maximum atomic E-state index is 14.1. The van der Waals surface area contributed by atoms with Gasteiger partial charge in [-0.1, -0.05) is 49.6 Å². The van der Waals surface area contributed by atoms with E-state index in [9.17, 15) is 14.8 Å². The van der Waals surface area contributed by atoms with Gasteiger partial charge < -0.3 is 14.2 Å². The van der Waals surface area contributed by atoms with Crippen molar-refractivity contribution in [3.05, 3.63) is 59.2 Å². The van der Waals surface area contributed by atoms with Crippen LogP contribution in [0.3, 0.4) is 0 Å². The van der Waals surface area contributed by atoms with Gasteiger partial charge in [0.05, 0.1) is 24.3 Å². The molecule has 4 aliphatic rings. The molecule has 3 aromatic rings. The predicted molar refractivity (Wildman–Crippen MR) is 140 cm³/mol. The van der Waals surface area contributed by atoms with Gasteiger partial charge in [0.25, 0.3) is 5.91 Å². The number of nitrogens with zero attached hydrogens (tertiary/aromatic N) is 2. The van der Waals surface area contributed by atoms with Crippen molar-refractivity contribution in [2.24, 2.45) is 5.41 Å². The molecular formula is C30H33N3O4. The van der Waals surface area contributed by atoms with Crippen LogP contribution in [-0.4, -0.2) is 52.8 Å². The smallest absolute Gasteiger partial charge is 0.274 e. The standard InChI is InChI=1S/C30H33N3O4/c34-28(31-36)20-10-11-23-25(16-20)33-18-30(29(35)32-12-14-37-15-13-32)17-24(30)21-8-4-5-9-22(21)27(33)26(23)19-6-2-1-3-7-19/h4-5,8-11,16,19,24,36H,1-3,6-7,12-15,17-18H2,(H,31,34)/t24-,30?/m0/s1. The number of aromatic nitrogens is 1. The van der Waals surface area contributed by atoms with Crippen molar-refractivity contribution in [2.75, 3.05) is 26.3 Å². The Morgan fingerprint density at radius 1 is 1.03 bits per heavy atom. The number of fused-ring (bicyclic) bond motifs is 7. The van der Waals surface area contributed by atoms with Crippen molar-refractivity contribution in [1.29, 1.82) is 0 Å². The van der Waals surface area contributed by atoms with Crippen LogP contribution in [0.1, 0.15) is 71.8 Å². The Hall–Kier alpha value is -3.16. The molecular weight excluding hydrogens is 466 g/mol. The Morgan fingerprint density at radius 3 is 2.59 bits per heavy atom. The van der Waals surface area contributed by atoms with Gasteiger partial charge in [0.1, 0.15) is 0 Å². The SMILES string of the molecule is O=C(NO)c1ccc2c(C3CCCCC3)c3n(c2c1)CC1(C(=O)N2CCOCC2)C[C@H]1c1ccccc1-3. The van der Waals surface area contributed by atoms with E-state index in [0.29, 0.717) is 44.3 Å². The van der Waals surface area contributed by atoms with Crippen molar-refractivity contribution < 1.29 is 19.5 Å². The minimum absolute atomic E-state index is 0.192. The zero-order valence-corrected chi connectivity index (χ0v) is 21.0. The molecule has 2 atom stereocenters. The van der Waals surface area contributed by atoms with Gasteiger partial charge in [-0.25, -0.2) is 5.48 Å². The normalized spacial score (nSPS) is 25.1. The number of carbonyl (C=O) groups is 2. The number of hydroxylamine groups is 1. The highest BCUT2D eigenvalue weighted by atomic mass is 16.5. The van der Waals surface area contributed by atoms with Gasteiger partial charge in [-0.3, -0.25) is 14.8 Å². The first-order chi connectivity index (χ1) is 18.1. The van der Waals surface area contributed by atoms with Crippen LogP contribution in [0.2, 0.25) is 0 Å². The van der Waals surface area contributed by atoms with Crippen LogP contribution in [0.5, 0.6) is 0 Å². The van der Waals surface area contributed by atoms with Crippen LogP contribution in [0.25, 0.3) is 22.2 Å². The lowest BCUT2D eigenvalue weighted by molar-refractivity contribution is -0.141. The maximum absolute atomic E-state index is 14.1. The molecule has 2 aliphatic carbocycles. The Kier molecular flexibility index (Phi) is 5.41. The quantitative estimate of drug-likeness (QED) is 0.400. The van der Waals surface area contributed by atoms with Gasteiger partial charge >= 0.3 is 0 Å². The topological polar surface area (TPSA) is 83.8 Å². The molecule has 0 spiro atoms. The number of carbonyl (C=O) groups excluding carboxylic acids is 2. The summed E-state index contributed by atoms with van der Waals surface area (Å²) in [5.41, 5.74) is 7.80. The molecule has 3 fully saturated rings. The maximum Gasteiger partial charge on any atom is 0.274 e. The Labute approximate surface area is 216 Å². The summed E-state index contributed by atoms with van der Waals surface area (Å²) >= 11 is 0. The number of rotatable bonds is 3. The molecule has 0 radical (unpaired) electrons. The highest BCUT2D eigenvalue weighted by molar-refractivity contribution is 6.01. The van der Waals surface area contributed by atoms with Gasteiger partial charge in [-0.2, -0.15) is 0 Å². The molecule has 2 aliphatic heterocycles. The van der Waals surface area contributed by atoms with Crippen LogP contribution in [0.15, 0.2) is 42.5 Å². The summed E-state index contributed by atoms with van der Waals surface area (Å²) in [7, 11) is 0. The number of benzene rings is 2. The van der Waals surface area contributed by atoms with E-state index >= 15 is 0 Å². The summed E-state index contributed by atoms with van der Waals surface area (Å²) in [5.74, 6) is 0.360. The largest absolute Gasteiger partial charge is 0.378 e. The molecule has 7 heteroatoms. The summed E-state index contributed by atoms with van der Waals surface area (Å²) in [4.78, 5) is 28.5. The van der Waals surface area contributed by atoms with E-state index in [-0.39, 0.29) is 11.8 Å². The van der Waals surface area contributed by atoms with Crippen LogP contribution in [0, 0.1) is 5.41 Å². The molecule has 0 bridgehead atoms. The number of hydrogen-bond acceptors (Lipinski definition) is 4. The lowest BCUT2D eigenvalue weighted by atomic mass is 9.81. The minimum atomic E-state index is -0.519. The second kappa shape index (κ2) is 8.71. The Bertz CT molecular complexity index is 1400. The van der Waals surface area contributed by atoms with Gasteiger partial charge in [0, 0.05) is 47.6 Å². The zero-order chi connectivity index (χ0) is 25.1. The number of morpholine rings is 1. The van der Waals surface area contributed by atoms with E-state index in [0.717, 1.165) is 24.8 Å². The van der Waals surface area contributed by atoms with Crippen LogP contribution < -0.4 is 5.48 Å². The summed E-state index contributed by atoms with van der Waals surface area (Å²) in [6, 6.07) is 14.4. The van der Waals surface area contributed by atoms with Crippen molar-refractivity contribution in [3.8, 4) is 11.3 Å². The second-order valence-electron chi connectivity index (χ2n) is 11.3. The summed E-state index contributed by atoms with van der Waals surface area (Å²) in [6.07, 6.45) is 6.90. The second-order valence-corrected chi connectivity index (χ2v) is 11.3. The van der Waals surface area contributed by atoms with E-state index in [1.807, 2.05) is 11.0 Å². The average molecular weight is 500 g/mol. The van der Waals surface area contributed by atoms with Crippen LogP contribution in [0.4, 0.5) is 0 Å². The van der Waals surface area contributed by atoms with E-state index in [1.54, 1.807) is 11.5 Å². The molecule has 37 heavy (non-hydrogen) atoms. The molecule has 2 aromatic carbocycles. The number of amides is 2. The zero-order valence-electron chi connectivity index (χ0n) is 21.0. The fourth-order valence-corrected chi connectivity index (χ4v) is 7.41. The number of ether oxygens (including phenoxy) is 1. The van der Waals surface area contributed by atoms with Gasteiger partial charge in [-0.05, 0) is 48.4 Å². The summed E-state index contributed by atoms with van der Waals surface area (Å²) in [5, 5.41) is 10.5. The van der Waals surface area contributed by atoms with Crippen LogP contribution in [-0.2, 0) is 16.1 Å². The summed E-state index contributed by atoms with van der Waals surface area (Å²) in [6.45, 7) is 3.06. The van der Waals surface area contributed by atoms with Crippen molar-refractivity contribution in [3.63, 3.8) is 0 Å². The first kappa shape index (κ1) is 23.0. The van der Waals surface area contributed by atoms with Gasteiger partial charge in [0.2, 0.25) is 5.91 Å². The third-order valence-electron chi connectivity index (χ3n) is 9.31. The number of nitrogens with one attached hydrogen (secondary N) is 1. The van der Waals surface area contributed by atoms with Crippen molar-refractivity contribution in [2.45, 2.75) is 56.9 Å². The lowest BCUT2D eigenvalue weighted by Gasteiger charge is -2.31. The predicted octanol–water partition coefficient (Wildman–Crippen LogP) is 4.82. The molecule has 1 unspecified atom stereocenters. The summed E-state index contributed by atoms with van der Waals surface area (Å²) < 4.78 is 7.88. The molecule has 1 saturated heterocycles. The van der Waals surface area contributed by atoms with Crippen LogP contribution >= 0.6 is 0 Å². The van der Waals surface area contributed by atoms with E-state index < -0.39 is 11.3 Å². The highest BCUT2D eigenvalue weighted by Crippen LogP contribution is 2.65. The monoisotopic (exact) mass is 499 g/mol. The third kappa shape index (κ3) is 3.47. The fraction of sp³-hybridized carbons (Fsp3) is 0.467. The molecule has 1 aromatic heterocycles. The van der Waals surface area contributed by atoms with Crippen molar-refractivity contribution in [1.82, 2.24) is 14.9 Å². The minimum Gasteiger partial charge on any atom is -0.378 e. The van der Waals surface area contributed by atoms with E-state index in [1.165, 1.54) is 47.0 Å². The first-order valence-corrected chi connectivity index (χ1v) is 13.7. The average Bonchev–Trinajstić information content (AvgIpc) is 3.63. The molecule has 3 heterocycles. The van der Waals surface area contributed by atoms with E-state index in [2.05, 4.69) is 34.9 Å². The molecule has 2 saturated carbocycles. The Morgan fingerprint density at radius 2 is 1.81 bits per heavy atom. The third-order valence-corrected chi connectivity index (χ3v) is 9.31. The fourth-order valence-electron chi connectivity index (χ4n) is 7.41. The van der Waals surface area contributed by atoms with Gasteiger partial charge in [0.15, 0.2) is 0 Å². The first-order valence-electron chi connectivity index (χ1n) is 13.7.